The number of fused-ring (bicyclic) bond motifs is 1. The molecule has 10 heteroatoms. The van der Waals surface area contributed by atoms with Crippen molar-refractivity contribution < 1.29 is 23.2 Å². The third kappa shape index (κ3) is 4.30. The van der Waals surface area contributed by atoms with Crippen LogP contribution in [0.5, 0.6) is 0 Å². The molecule has 1 aromatic heterocycles. The van der Waals surface area contributed by atoms with Crippen molar-refractivity contribution in [3.8, 4) is 0 Å². The molecule has 1 unspecified atom stereocenters. The van der Waals surface area contributed by atoms with E-state index in [4.69, 9.17) is 13.8 Å². The predicted octanol–water partition coefficient (Wildman–Crippen LogP) is 1.46. The second-order valence-corrected chi connectivity index (χ2v) is 7.81. The minimum absolute atomic E-state index is 0.0725. The number of nitrogens with one attached hydrogen (secondary N) is 1. The van der Waals surface area contributed by atoms with Gasteiger partial charge in [0.25, 0.3) is 5.56 Å². The lowest BCUT2D eigenvalue weighted by atomic mass is 10.1. The monoisotopic (exact) mass is 374 g/mol. The van der Waals surface area contributed by atoms with Crippen LogP contribution in [0.2, 0.25) is 0 Å². The van der Waals surface area contributed by atoms with Gasteiger partial charge in [-0.1, -0.05) is 26.2 Å². The Hall–Kier alpha value is -1.25. The molecule has 3 heterocycles. The van der Waals surface area contributed by atoms with Gasteiger partial charge in [0.05, 0.1) is 6.61 Å². The van der Waals surface area contributed by atoms with Gasteiger partial charge in [-0.2, -0.15) is 0 Å². The van der Waals surface area contributed by atoms with Crippen molar-refractivity contribution in [3.63, 3.8) is 0 Å². The van der Waals surface area contributed by atoms with Crippen LogP contribution in [0.4, 0.5) is 0 Å². The Balaban J connectivity index is 1.75. The summed E-state index contributed by atoms with van der Waals surface area (Å²) in [5.74, 6) is 0. The number of phosphoric acid groups is 1. The molecule has 0 radical (unpaired) electrons. The molecule has 3 rings (SSSR count). The second-order valence-electron chi connectivity index (χ2n) is 6.40. The van der Waals surface area contributed by atoms with Crippen LogP contribution < -0.4 is 11.2 Å². The quantitative estimate of drug-likeness (QED) is 0.571. The number of hydrogen-bond donors (Lipinski definition) is 2. The van der Waals surface area contributed by atoms with Crippen LogP contribution in [0.1, 0.15) is 50.8 Å². The second kappa shape index (κ2) is 7.55. The van der Waals surface area contributed by atoms with Crippen LogP contribution >= 0.6 is 7.82 Å². The summed E-state index contributed by atoms with van der Waals surface area (Å²) in [6, 6.07) is 0. The molecular weight excluding hydrogens is 351 g/mol. The van der Waals surface area contributed by atoms with Crippen LogP contribution in [-0.2, 0) is 24.8 Å². The first kappa shape index (κ1) is 18.5. The van der Waals surface area contributed by atoms with Crippen LogP contribution in [-0.4, -0.2) is 33.3 Å². The summed E-state index contributed by atoms with van der Waals surface area (Å²) >= 11 is 0. The summed E-state index contributed by atoms with van der Waals surface area (Å²) in [5, 5.41) is 0. The van der Waals surface area contributed by atoms with Gasteiger partial charge in [0.15, 0.2) is 0 Å². The fraction of sp³-hybridized carbons (Fsp3) is 0.733. The summed E-state index contributed by atoms with van der Waals surface area (Å²) in [6.07, 6.45) is 4.63. The Morgan fingerprint density at radius 2 is 2.12 bits per heavy atom. The number of H-pyrrole nitrogens is 1. The smallest absolute Gasteiger partial charge is 0.349 e. The van der Waals surface area contributed by atoms with E-state index in [9.17, 15) is 19.0 Å². The van der Waals surface area contributed by atoms with Gasteiger partial charge in [0, 0.05) is 18.2 Å². The maximum atomic E-state index is 12.1. The Labute approximate surface area is 144 Å². The molecule has 0 aliphatic carbocycles. The molecule has 2 saturated heterocycles. The molecule has 25 heavy (non-hydrogen) atoms. The van der Waals surface area contributed by atoms with Crippen molar-refractivity contribution in [1.82, 2.24) is 9.55 Å². The van der Waals surface area contributed by atoms with Gasteiger partial charge in [0.2, 0.25) is 0 Å². The summed E-state index contributed by atoms with van der Waals surface area (Å²) in [4.78, 5) is 35.8. The zero-order valence-corrected chi connectivity index (χ0v) is 14.9. The normalized spacial score (nSPS) is 31.8. The van der Waals surface area contributed by atoms with Gasteiger partial charge in [-0.15, -0.1) is 0 Å². The summed E-state index contributed by atoms with van der Waals surface area (Å²) in [7, 11) is -4.05. The highest BCUT2D eigenvalue weighted by Gasteiger charge is 2.46. The Morgan fingerprint density at radius 3 is 2.88 bits per heavy atom. The fourth-order valence-electron chi connectivity index (χ4n) is 3.16. The van der Waals surface area contributed by atoms with Crippen molar-refractivity contribution in [3.05, 3.63) is 32.6 Å². The highest BCUT2D eigenvalue weighted by atomic mass is 31.2. The van der Waals surface area contributed by atoms with E-state index in [2.05, 4.69) is 11.9 Å². The van der Waals surface area contributed by atoms with Crippen molar-refractivity contribution in [1.29, 1.82) is 0 Å². The van der Waals surface area contributed by atoms with Gasteiger partial charge < -0.3 is 9.63 Å². The van der Waals surface area contributed by atoms with Gasteiger partial charge in [-0.25, -0.2) is 9.36 Å². The lowest BCUT2D eigenvalue weighted by molar-refractivity contribution is -0.0680. The van der Waals surface area contributed by atoms with Crippen molar-refractivity contribution >= 4 is 7.82 Å². The number of nitrogens with zero attached hydrogens (tertiary/aromatic N) is 1. The van der Waals surface area contributed by atoms with E-state index in [-0.39, 0.29) is 18.6 Å². The molecule has 0 amide bonds. The highest BCUT2D eigenvalue weighted by molar-refractivity contribution is 7.47. The lowest BCUT2D eigenvalue weighted by Gasteiger charge is -2.26. The van der Waals surface area contributed by atoms with Crippen molar-refractivity contribution in [2.75, 3.05) is 6.61 Å². The third-order valence-corrected chi connectivity index (χ3v) is 5.52. The van der Waals surface area contributed by atoms with E-state index in [1.165, 1.54) is 10.8 Å². The van der Waals surface area contributed by atoms with Gasteiger partial charge in [-0.3, -0.25) is 23.4 Å². The van der Waals surface area contributed by atoms with Gasteiger partial charge >= 0.3 is 13.5 Å². The van der Waals surface area contributed by atoms with E-state index >= 15 is 0 Å². The SMILES string of the molecule is CCCCCCc1cn([C@H]2C[C@@H]3OP(=O)(O)OC[C@H]3O2)c(=O)[nH]c1=O. The predicted molar refractivity (Wildman–Crippen MR) is 88.3 cm³/mol. The molecule has 2 aliphatic heterocycles. The Kier molecular flexibility index (Phi) is 5.60. The number of aromatic nitrogens is 2. The maximum absolute atomic E-state index is 12.1. The average molecular weight is 374 g/mol. The molecule has 0 aromatic carbocycles. The fourth-order valence-corrected chi connectivity index (χ4v) is 4.12. The molecule has 9 nitrogen and oxygen atoms in total. The Morgan fingerprint density at radius 1 is 1.32 bits per heavy atom. The van der Waals surface area contributed by atoms with Crippen molar-refractivity contribution in [2.45, 2.75) is 63.9 Å². The molecule has 0 bridgehead atoms. The number of phosphoric ester groups is 1. The van der Waals surface area contributed by atoms with E-state index in [0.717, 1.165) is 25.7 Å². The van der Waals surface area contributed by atoms with Gasteiger partial charge in [0.1, 0.15) is 18.4 Å². The summed E-state index contributed by atoms with van der Waals surface area (Å²) < 4.78 is 28.3. The number of rotatable bonds is 6. The standard InChI is InChI=1S/C15H23N2O7P/c1-2-3-4-5-6-10-8-17(15(19)16-14(10)18)13-7-11-12(23-13)9-22-25(20,21)24-11/h8,11-13H,2-7,9H2,1H3,(H,20,21)(H,16,18,19)/t11-,12+,13+/m0/s1. The highest BCUT2D eigenvalue weighted by Crippen LogP contribution is 2.52. The molecule has 2 N–H and O–H groups in total. The molecule has 140 valence electrons. The van der Waals surface area contributed by atoms with Crippen LogP contribution in [0.15, 0.2) is 15.8 Å². The number of ether oxygens (including phenoxy) is 1. The number of unbranched alkanes of at least 4 members (excludes halogenated alkanes) is 3. The first-order valence-corrected chi connectivity index (χ1v) is 10.0. The molecule has 0 saturated carbocycles. The first-order valence-electron chi connectivity index (χ1n) is 8.55. The number of aryl methyl sites for hydroxylation is 1. The molecule has 0 spiro atoms. The zero-order valence-electron chi connectivity index (χ0n) is 14.1. The molecular formula is C15H23N2O7P. The maximum Gasteiger partial charge on any atom is 0.472 e. The minimum atomic E-state index is -4.05. The molecule has 2 fully saturated rings. The lowest BCUT2D eigenvalue weighted by Crippen LogP contribution is -2.34. The average Bonchev–Trinajstić information content (AvgIpc) is 2.94. The van der Waals surface area contributed by atoms with Gasteiger partial charge in [-0.05, 0) is 12.8 Å². The van der Waals surface area contributed by atoms with E-state index < -0.39 is 31.9 Å². The summed E-state index contributed by atoms with van der Waals surface area (Å²) in [6.45, 7) is 2.04. The van der Waals surface area contributed by atoms with Crippen LogP contribution in [0, 0.1) is 0 Å². The third-order valence-electron chi connectivity index (χ3n) is 4.50. The first-order chi connectivity index (χ1) is 11.9. The van der Waals surface area contributed by atoms with E-state index in [0.29, 0.717) is 12.0 Å². The number of aromatic amines is 1. The topological polar surface area (TPSA) is 120 Å². The van der Waals surface area contributed by atoms with E-state index in [1.54, 1.807) is 0 Å². The van der Waals surface area contributed by atoms with E-state index in [1.807, 2.05) is 0 Å². The largest absolute Gasteiger partial charge is 0.472 e. The van der Waals surface area contributed by atoms with Crippen LogP contribution in [0.25, 0.3) is 0 Å². The summed E-state index contributed by atoms with van der Waals surface area (Å²) in [5.41, 5.74) is -0.425. The van der Waals surface area contributed by atoms with Crippen molar-refractivity contribution in [2.24, 2.45) is 0 Å². The zero-order chi connectivity index (χ0) is 18.0. The Bertz CT molecular complexity index is 774. The minimum Gasteiger partial charge on any atom is -0.349 e. The molecule has 2 aliphatic rings. The van der Waals surface area contributed by atoms with Crippen LogP contribution in [0.3, 0.4) is 0 Å². The molecule has 1 aromatic rings. The number of hydrogen-bond acceptors (Lipinski definition) is 6. The molecule has 4 atom stereocenters.